The van der Waals surface area contributed by atoms with E-state index in [2.05, 4.69) is 15.5 Å². The Kier molecular flexibility index (Phi) is 6.67. The lowest BCUT2D eigenvalue weighted by Gasteiger charge is -2.18. The van der Waals surface area contributed by atoms with E-state index in [1.165, 1.54) is 16.4 Å². The van der Waals surface area contributed by atoms with E-state index in [-0.39, 0.29) is 23.8 Å². The van der Waals surface area contributed by atoms with Crippen LogP contribution in [-0.2, 0) is 10.0 Å². The van der Waals surface area contributed by atoms with Gasteiger partial charge in [0.1, 0.15) is 10.7 Å². The highest BCUT2D eigenvalue weighted by molar-refractivity contribution is 7.89. The number of nitrogens with one attached hydrogen (secondary N) is 1. The Hall–Kier alpha value is -2.60. The van der Waals surface area contributed by atoms with Crippen LogP contribution in [0.5, 0.6) is 0 Å². The molecule has 2 aromatic rings. The van der Waals surface area contributed by atoms with E-state index in [9.17, 15) is 30.4 Å². The number of nitrogens with zero attached hydrogens (tertiary/aromatic N) is 3. The van der Waals surface area contributed by atoms with Gasteiger partial charge >= 0.3 is 0 Å². The Labute approximate surface area is 157 Å². The summed E-state index contributed by atoms with van der Waals surface area (Å²) in [6, 6.07) is 2.46. The first-order chi connectivity index (χ1) is 13.1. The fourth-order valence-electron chi connectivity index (χ4n) is 2.21. The lowest BCUT2D eigenvalue weighted by atomic mass is 10.2. The van der Waals surface area contributed by atoms with Crippen LogP contribution < -0.4 is 5.43 Å². The van der Waals surface area contributed by atoms with Crippen molar-refractivity contribution in [2.75, 3.05) is 18.5 Å². The number of benzene rings is 1. The quantitative estimate of drug-likeness (QED) is 0.244. The molecule has 0 spiro atoms. The zero-order chi connectivity index (χ0) is 21.1. The molecule has 152 valence electrons. The molecule has 0 unspecified atom stereocenters. The van der Waals surface area contributed by atoms with Crippen molar-refractivity contribution in [3.8, 4) is 0 Å². The van der Waals surface area contributed by atoms with Gasteiger partial charge in [-0.25, -0.2) is 35.4 Å². The number of rotatable bonds is 7. The SMILES string of the molecule is CCN(CC)S(=O)(=O)c1ccc(N/N=C\c2c(F)c(F)c(F)c(F)c2F)nc1. The molecule has 0 aliphatic carbocycles. The molecular formula is C16H15F5N4O2S. The van der Waals surface area contributed by atoms with Gasteiger partial charge in [-0.3, -0.25) is 5.43 Å². The molecule has 1 heterocycles. The number of sulfonamides is 1. The Bertz CT molecular complexity index is 964. The van der Waals surface area contributed by atoms with Crippen LogP contribution in [0.15, 0.2) is 28.3 Å². The number of anilines is 1. The monoisotopic (exact) mass is 422 g/mol. The number of hydrogen-bond donors (Lipinski definition) is 1. The van der Waals surface area contributed by atoms with Gasteiger partial charge in [-0.15, -0.1) is 0 Å². The summed E-state index contributed by atoms with van der Waals surface area (Å²) in [5.74, 6) is -10.5. The van der Waals surface area contributed by atoms with Crippen molar-refractivity contribution in [2.45, 2.75) is 18.7 Å². The standard InChI is InChI=1S/C16H15F5N4O2S/c1-3-25(4-2)28(26,27)9-5-6-11(22-7-9)24-23-8-10-12(17)14(19)16(21)15(20)13(10)18/h5-8H,3-4H2,1-2H3,(H,22,24)/b23-8-. The van der Waals surface area contributed by atoms with Crippen molar-refractivity contribution in [1.29, 1.82) is 0 Å². The molecule has 12 heteroatoms. The molecule has 0 saturated heterocycles. The molecule has 0 aliphatic rings. The molecule has 28 heavy (non-hydrogen) atoms. The smallest absolute Gasteiger partial charge is 0.244 e. The topological polar surface area (TPSA) is 74.7 Å². The number of halogens is 5. The van der Waals surface area contributed by atoms with E-state index >= 15 is 0 Å². The van der Waals surface area contributed by atoms with Gasteiger partial charge in [-0.1, -0.05) is 13.8 Å². The van der Waals surface area contributed by atoms with E-state index in [1.54, 1.807) is 13.8 Å². The second-order valence-electron chi connectivity index (χ2n) is 5.32. The third-order valence-corrected chi connectivity index (χ3v) is 5.73. The van der Waals surface area contributed by atoms with Gasteiger partial charge in [0.05, 0.1) is 11.8 Å². The summed E-state index contributed by atoms with van der Waals surface area (Å²) in [6.45, 7) is 3.90. The predicted molar refractivity (Wildman–Crippen MR) is 91.8 cm³/mol. The molecule has 1 aromatic carbocycles. The summed E-state index contributed by atoms with van der Waals surface area (Å²) in [7, 11) is -3.72. The zero-order valence-electron chi connectivity index (χ0n) is 14.7. The second-order valence-corrected chi connectivity index (χ2v) is 7.26. The van der Waals surface area contributed by atoms with Crippen molar-refractivity contribution >= 4 is 22.1 Å². The van der Waals surface area contributed by atoms with E-state index in [4.69, 9.17) is 0 Å². The van der Waals surface area contributed by atoms with Crippen LogP contribution in [0.4, 0.5) is 27.8 Å². The average molecular weight is 422 g/mol. The summed E-state index contributed by atoms with van der Waals surface area (Å²) in [5, 5.41) is 3.37. The first-order valence-corrected chi connectivity index (χ1v) is 9.35. The minimum absolute atomic E-state index is 0.0152. The van der Waals surface area contributed by atoms with Crippen LogP contribution in [-0.4, -0.2) is 37.0 Å². The number of hydrazone groups is 1. The molecule has 0 fully saturated rings. The third-order valence-electron chi connectivity index (χ3n) is 3.70. The van der Waals surface area contributed by atoms with Crippen LogP contribution in [0.2, 0.25) is 0 Å². The fraction of sp³-hybridized carbons (Fsp3) is 0.250. The molecule has 6 nitrogen and oxygen atoms in total. The summed E-state index contributed by atoms with van der Waals surface area (Å²) >= 11 is 0. The van der Waals surface area contributed by atoms with Crippen LogP contribution in [0.1, 0.15) is 19.4 Å². The first kappa shape index (κ1) is 21.7. The first-order valence-electron chi connectivity index (χ1n) is 7.91. The minimum Gasteiger partial charge on any atom is -0.261 e. The van der Waals surface area contributed by atoms with Gasteiger partial charge < -0.3 is 0 Å². The predicted octanol–water partition coefficient (Wildman–Crippen LogP) is 3.25. The van der Waals surface area contributed by atoms with Crippen molar-refractivity contribution in [2.24, 2.45) is 5.10 Å². The molecule has 0 radical (unpaired) electrons. The van der Waals surface area contributed by atoms with Gasteiger partial charge in [0.2, 0.25) is 15.8 Å². The normalized spacial score (nSPS) is 12.1. The molecule has 1 N–H and O–H groups in total. The number of hydrogen-bond acceptors (Lipinski definition) is 5. The van der Waals surface area contributed by atoms with E-state index in [1.807, 2.05) is 0 Å². The van der Waals surface area contributed by atoms with E-state index in [0.29, 0.717) is 6.21 Å². The van der Waals surface area contributed by atoms with Crippen molar-refractivity contribution in [1.82, 2.24) is 9.29 Å². The maximum absolute atomic E-state index is 13.5. The summed E-state index contributed by atoms with van der Waals surface area (Å²) < 4.78 is 92.1. The van der Waals surface area contributed by atoms with Crippen molar-refractivity contribution in [3.05, 3.63) is 53.0 Å². The largest absolute Gasteiger partial charge is 0.261 e. The van der Waals surface area contributed by atoms with Gasteiger partial charge in [-0.2, -0.15) is 9.41 Å². The summed E-state index contributed by atoms with van der Waals surface area (Å²) in [4.78, 5) is 3.72. The molecule has 0 aliphatic heterocycles. The maximum atomic E-state index is 13.5. The summed E-state index contributed by atoms with van der Waals surface area (Å²) in [6.07, 6.45) is 1.45. The Morgan fingerprint density at radius 1 is 1.00 bits per heavy atom. The van der Waals surface area contributed by atoms with Crippen LogP contribution in [0.25, 0.3) is 0 Å². The number of aromatic nitrogens is 1. The molecule has 0 saturated carbocycles. The Morgan fingerprint density at radius 3 is 2.00 bits per heavy atom. The molecule has 2 rings (SSSR count). The highest BCUT2D eigenvalue weighted by atomic mass is 32.2. The number of pyridine rings is 1. The maximum Gasteiger partial charge on any atom is 0.244 e. The molecule has 0 amide bonds. The van der Waals surface area contributed by atoms with Gasteiger partial charge in [0.25, 0.3) is 0 Å². The van der Waals surface area contributed by atoms with Gasteiger partial charge in [-0.05, 0) is 12.1 Å². The minimum atomic E-state index is -3.72. The molecule has 0 bridgehead atoms. The second kappa shape index (κ2) is 8.61. The molecule has 1 aromatic heterocycles. The third kappa shape index (κ3) is 4.12. The lowest BCUT2D eigenvalue weighted by molar-refractivity contribution is 0.377. The van der Waals surface area contributed by atoms with Crippen LogP contribution >= 0.6 is 0 Å². The van der Waals surface area contributed by atoms with E-state index < -0.39 is 44.7 Å². The molecule has 0 atom stereocenters. The van der Waals surface area contributed by atoms with Crippen molar-refractivity contribution < 1.29 is 30.4 Å². The Morgan fingerprint density at radius 2 is 1.54 bits per heavy atom. The molecular weight excluding hydrogens is 407 g/mol. The average Bonchev–Trinajstić information content (AvgIpc) is 2.68. The lowest BCUT2D eigenvalue weighted by Crippen LogP contribution is -2.30. The summed E-state index contributed by atoms with van der Waals surface area (Å²) in [5.41, 5.74) is 0.983. The van der Waals surface area contributed by atoms with Gasteiger partial charge in [0, 0.05) is 19.3 Å². The van der Waals surface area contributed by atoms with Crippen LogP contribution in [0.3, 0.4) is 0 Å². The highest BCUT2D eigenvalue weighted by Gasteiger charge is 2.25. The van der Waals surface area contributed by atoms with E-state index in [0.717, 1.165) is 6.20 Å². The van der Waals surface area contributed by atoms with Crippen molar-refractivity contribution in [3.63, 3.8) is 0 Å². The van der Waals surface area contributed by atoms with Gasteiger partial charge in [0.15, 0.2) is 23.3 Å². The van der Waals surface area contributed by atoms with Crippen LogP contribution in [0, 0.1) is 29.1 Å². The fourth-order valence-corrected chi connectivity index (χ4v) is 3.61. The zero-order valence-corrected chi connectivity index (χ0v) is 15.5. The Balaban J connectivity index is 2.21. The highest BCUT2D eigenvalue weighted by Crippen LogP contribution is 2.22.